The van der Waals surface area contributed by atoms with Gasteiger partial charge in [0.05, 0.1) is 6.42 Å². The highest BCUT2D eigenvalue weighted by atomic mass is 19.1. The lowest BCUT2D eigenvalue weighted by atomic mass is 10.1. The number of piperazine rings is 1. The van der Waals surface area contributed by atoms with E-state index in [4.69, 9.17) is 9.40 Å². The molecule has 2 N–H and O–H groups in total. The number of aromatic hydroxyl groups is 1. The van der Waals surface area contributed by atoms with E-state index in [0.717, 1.165) is 11.1 Å². The molecule has 1 aliphatic heterocycles. The number of rotatable bonds is 6. The maximum absolute atomic E-state index is 13.3. The Morgan fingerprint density at radius 1 is 0.950 bits per heavy atom. The zero-order chi connectivity index (χ0) is 27.5. The molecular formula is C29H26FN7O3. The molecule has 202 valence electrons. The van der Waals surface area contributed by atoms with Gasteiger partial charge in [-0.15, -0.1) is 10.2 Å². The number of hydrogen-bond donors (Lipinski definition) is 2. The lowest BCUT2D eigenvalue weighted by molar-refractivity contribution is 0.194. The van der Waals surface area contributed by atoms with Crippen LogP contribution in [-0.4, -0.2) is 62.4 Å². The quantitative estimate of drug-likeness (QED) is 0.330. The van der Waals surface area contributed by atoms with Gasteiger partial charge in [0.25, 0.3) is 5.89 Å². The summed E-state index contributed by atoms with van der Waals surface area (Å²) in [7, 11) is 0. The van der Waals surface area contributed by atoms with Gasteiger partial charge in [-0.05, 0) is 35.4 Å². The van der Waals surface area contributed by atoms with Gasteiger partial charge in [0.2, 0.25) is 5.89 Å². The number of carbonyl (C=O) groups excluding carboxylic acids is 1. The average Bonchev–Trinajstić information content (AvgIpc) is 3.46. The van der Waals surface area contributed by atoms with E-state index < -0.39 is 0 Å². The van der Waals surface area contributed by atoms with Crippen molar-refractivity contribution in [3.05, 3.63) is 95.8 Å². The highest BCUT2D eigenvalue weighted by molar-refractivity contribution is 5.97. The van der Waals surface area contributed by atoms with Crippen LogP contribution in [-0.2, 0) is 13.0 Å². The summed E-state index contributed by atoms with van der Waals surface area (Å²) in [4.78, 5) is 25.7. The molecule has 3 aromatic heterocycles. The molecule has 0 saturated carbocycles. The Balaban J connectivity index is 1.21. The zero-order valence-corrected chi connectivity index (χ0v) is 21.5. The largest absolute Gasteiger partial charge is 0.504 e. The molecule has 0 atom stereocenters. The fourth-order valence-corrected chi connectivity index (χ4v) is 4.70. The zero-order valence-electron chi connectivity index (χ0n) is 21.5. The third kappa shape index (κ3) is 5.26. The number of halogens is 1. The molecule has 1 saturated heterocycles. The van der Waals surface area contributed by atoms with Crippen molar-refractivity contribution in [3.8, 4) is 17.3 Å². The summed E-state index contributed by atoms with van der Waals surface area (Å²) in [6.45, 7) is 2.55. The second kappa shape index (κ2) is 11.0. The Hall–Kier alpha value is -5.06. The molecule has 2 aromatic carbocycles. The number of benzene rings is 2. The fraction of sp³-hybridized carbons (Fsp3) is 0.207. The van der Waals surface area contributed by atoms with E-state index in [1.807, 2.05) is 36.4 Å². The van der Waals surface area contributed by atoms with Crippen LogP contribution in [0.3, 0.4) is 0 Å². The number of fused-ring (bicyclic) bond motifs is 1. The standard InChI is InChI=1S/C29H26FN7O3/c30-21-10-8-19(9-11-21)17-23-34-35-28(40-23)25-26(38)24-22(7-4-12-31-24)27(33-25)36-13-15-37(16-14-36)29(39)32-18-20-5-2-1-3-6-20/h1-12,38H,13-18H2,(H,32,39). The molecule has 0 spiro atoms. The summed E-state index contributed by atoms with van der Waals surface area (Å²) in [6.07, 6.45) is 1.90. The molecule has 1 aliphatic rings. The van der Waals surface area contributed by atoms with Crippen molar-refractivity contribution in [3.63, 3.8) is 0 Å². The smallest absolute Gasteiger partial charge is 0.317 e. The van der Waals surface area contributed by atoms with E-state index in [2.05, 4.69) is 25.4 Å². The molecule has 6 rings (SSSR count). The minimum Gasteiger partial charge on any atom is -0.504 e. The second-order valence-corrected chi connectivity index (χ2v) is 9.45. The van der Waals surface area contributed by atoms with Gasteiger partial charge in [-0.3, -0.25) is 4.98 Å². The number of pyridine rings is 2. The van der Waals surface area contributed by atoms with Crippen LogP contribution < -0.4 is 10.2 Å². The van der Waals surface area contributed by atoms with Gasteiger partial charge in [-0.1, -0.05) is 42.5 Å². The second-order valence-electron chi connectivity index (χ2n) is 9.45. The van der Waals surface area contributed by atoms with Crippen LogP contribution in [0.15, 0.2) is 77.3 Å². The van der Waals surface area contributed by atoms with Crippen molar-refractivity contribution in [2.75, 3.05) is 31.1 Å². The molecule has 1 fully saturated rings. The number of nitrogens with zero attached hydrogens (tertiary/aromatic N) is 6. The minimum absolute atomic E-state index is 0.0577. The Labute approximate surface area is 229 Å². The third-order valence-electron chi connectivity index (χ3n) is 6.81. The molecule has 0 aliphatic carbocycles. The summed E-state index contributed by atoms with van der Waals surface area (Å²) >= 11 is 0. The van der Waals surface area contributed by atoms with Crippen LogP contribution in [0.1, 0.15) is 17.0 Å². The average molecular weight is 540 g/mol. The van der Waals surface area contributed by atoms with Gasteiger partial charge in [-0.2, -0.15) is 0 Å². The molecule has 0 bridgehead atoms. The van der Waals surface area contributed by atoms with Gasteiger partial charge < -0.3 is 24.6 Å². The van der Waals surface area contributed by atoms with E-state index in [-0.39, 0.29) is 29.2 Å². The molecule has 10 nitrogen and oxygen atoms in total. The van der Waals surface area contributed by atoms with Gasteiger partial charge in [0.15, 0.2) is 11.4 Å². The topological polar surface area (TPSA) is 121 Å². The van der Waals surface area contributed by atoms with E-state index >= 15 is 0 Å². The fourth-order valence-electron chi connectivity index (χ4n) is 4.70. The van der Waals surface area contributed by atoms with E-state index in [1.54, 1.807) is 29.3 Å². The summed E-state index contributed by atoms with van der Waals surface area (Å²) in [5, 5.41) is 22.9. The van der Waals surface area contributed by atoms with Gasteiger partial charge in [0, 0.05) is 44.3 Å². The number of anilines is 1. The monoisotopic (exact) mass is 539 g/mol. The first-order chi connectivity index (χ1) is 19.5. The van der Waals surface area contributed by atoms with Crippen molar-refractivity contribution in [2.45, 2.75) is 13.0 Å². The maximum atomic E-state index is 13.3. The molecule has 2 amide bonds. The maximum Gasteiger partial charge on any atom is 0.317 e. The summed E-state index contributed by atoms with van der Waals surface area (Å²) in [5.41, 5.74) is 2.34. The Morgan fingerprint density at radius 3 is 2.50 bits per heavy atom. The lowest BCUT2D eigenvalue weighted by Gasteiger charge is -2.36. The summed E-state index contributed by atoms with van der Waals surface area (Å²) in [6, 6.07) is 19.3. The van der Waals surface area contributed by atoms with Crippen molar-refractivity contribution < 1.29 is 18.7 Å². The SMILES string of the molecule is O=C(NCc1ccccc1)N1CCN(c2nc(-c3nnc(Cc4ccc(F)cc4)o3)c(O)c3ncccc23)CC1. The molecule has 0 unspecified atom stereocenters. The Bertz CT molecular complexity index is 1640. The highest BCUT2D eigenvalue weighted by Crippen LogP contribution is 2.37. The van der Waals surface area contributed by atoms with Crippen molar-refractivity contribution in [2.24, 2.45) is 0 Å². The molecule has 4 heterocycles. The number of nitrogens with one attached hydrogen (secondary N) is 1. The Morgan fingerprint density at radius 2 is 1.73 bits per heavy atom. The predicted molar refractivity (Wildman–Crippen MR) is 146 cm³/mol. The van der Waals surface area contributed by atoms with E-state index in [9.17, 15) is 14.3 Å². The first kappa shape index (κ1) is 25.2. The van der Waals surface area contributed by atoms with Crippen molar-refractivity contribution in [1.29, 1.82) is 0 Å². The van der Waals surface area contributed by atoms with Gasteiger partial charge in [-0.25, -0.2) is 14.2 Å². The first-order valence-electron chi connectivity index (χ1n) is 12.9. The number of urea groups is 1. The normalized spacial score (nSPS) is 13.5. The lowest BCUT2D eigenvalue weighted by Crippen LogP contribution is -2.52. The first-order valence-corrected chi connectivity index (χ1v) is 12.9. The molecule has 5 aromatic rings. The molecular weight excluding hydrogens is 513 g/mol. The van der Waals surface area contributed by atoms with Crippen LogP contribution in [0.5, 0.6) is 5.75 Å². The number of amides is 2. The Kier molecular flexibility index (Phi) is 6.92. The van der Waals surface area contributed by atoms with Crippen LogP contribution in [0, 0.1) is 5.82 Å². The van der Waals surface area contributed by atoms with Crippen molar-refractivity contribution in [1.82, 2.24) is 30.4 Å². The predicted octanol–water partition coefficient (Wildman–Crippen LogP) is 4.15. The van der Waals surface area contributed by atoms with Crippen LogP contribution in [0.2, 0.25) is 0 Å². The number of carbonyl (C=O) groups is 1. The van der Waals surface area contributed by atoms with Gasteiger partial charge >= 0.3 is 6.03 Å². The number of aromatic nitrogens is 4. The van der Waals surface area contributed by atoms with Crippen molar-refractivity contribution >= 4 is 22.8 Å². The number of hydrogen-bond acceptors (Lipinski definition) is 8. The van der Waals surface area contributed by atoms with E-state index in [1.165, 1.54) is 12.1 Å². The van der Waals surface area contributed by atoms with Crippen LogP contribution in [0.25, 0.3) is 22.5 Å². The van der Waals surface area contributed by atoms with Gasteiger partial charge in [0.1, 0.15) is 17.2 Å². The highest BCUT2D eigenvalue weighted by Gasteiger charge is 2.27. The van der Waals surface area contributed by atoms with E-state index in [0.29, 0.717) is 61.8 Å². The molecule has 40 heavy (non-hydrogen) atoms. The van der Waals surface area contributed by atoms with Crippen LogP contribution >= 0.6 is 0 Å². The summed E-state index contributed by atoms with van der Waals surface area (Å²) < 4.78 is 19.1. The minimum atomic E-state index is -0.325. The summed E-state index contributed by atoms with van der Waals surface area (Å²) in [5.74, 6) is 0.491. The molecule has 11 heteroatoms. The third-order valence-corrected chi connectivity index (χ3v) is 6.81. The molecule has 0 radical (unpaired) electrons. The van der Waals surface area contributed by atoms with Crippen LogP contribution in [0.4, 0.5) is 15.0 Å².